The molecule has 2 aromatic rings. The van der Waals surface area contributed by atoms with E-state index in [4.69, 9.17) is 5.73 Å². The van der Waals surface area contributed by atoms with Crippen LogP contribution < -0.4 is 10.6 Å². The van der Waals surface area contributed by atoms with Crippen LogP contribution in [0.1, 0.15) is 25.7 Å². The highest BCUT2D eigenvalue weighted by Gasteiger charge is 2.28. The van der Waals surface area contributed by atoms with Crippen molar-refractivity contribution in [2.45, 2.75) is 31.7 Å². The number of nitrogens with zero attached hydrogens (tertiary/aromatic N) is 4. The molecule has 1 heterocycles. The molecule has 2 N–H and O–H groups in total. The van der Waals surface area contributed by atoms with Crippen molar-refractivity contribution in [3.63, 3.8) is 0 Å². The molecule has 0 radical (unpaired) electrons. The Morgan fingerprint density at radius 1 is 1.15 bits per heavy atom. The van der Waals surface area contributed by atoms with E-state index in [1.807, 2.05) is 24.3 Å². The normalized spacial score (nSPS) is 22.9. The second kappa shape index (κ2) is 5.71. The van der Waals surface area contributed by atoms with Gasteiger partial charge in [-0.2, -0.15) is 0 Å². The monoisotopic (exact) mass is 271 g/mol. The summed E-state index contributed by atoms with van der Waals surface area (Å²) in [5.41, 5.74) is 7.65. The van der Waals surface area contributed by atoms with Gasteiger partial charge >= 0.3 is 0 Å². The molecule has 0 spiro atoms. The first-order chi connectivity index (χ1) is 9.79. The highest BCUT2D eigenvalue weighted by molar-refractivity contribution is 5.74. The number of para-hydroxylation sites is 1. The minimum Gasteiger partial charge on any atom is -0.339 e. The van der Waals surface area contributed by atoms with Gasteiger partial charge in [0.2, 0.25) is 5.95 Å². The van der Waals surface area contributed by atoms with Crippen molar-refractivity contribution in [1.29, 1.82) is 0 Å². The van der Waals surface area contributed by atoms with Crippen molar-refractivity contribution in [2.75, 3.05) is 18.5 Å². The van der Waals surface area contributed by atoms with Crippen molar-refractivity contribution >= 4 is 17.0 Å². The maximum atomic E-state index is 5.92. The topological polar surface area (TPSA) is 67.9 Å². The first kappa shape index (κ1) is 13.2. The van der Waals surface area contributed by atoms with Gasteiger partial charge in [0.25, 0.3) is 0 Å². The molecule has 106 valence electrons. The predicted octanol–water partition coefficient (Wildman–Crippen LogP) is 1.98. The fraction of sp³-hybridized carbons (Fsp3) is 0.533. The predicted molar refractivity (Wildman–Crippen MR) is 80.5 cm³/mol. The van der Waals surface area contributed by atoms with Gasteiger partial charge in [0.1, 0.15) is 5.52 Å². The molecule has 1 fully saturated rings. The van der Waals surface area contributed by atoms with Crippen LogP contribution in [0.3, 0.4) is 0 Å². The fourth-order valence-corrected chi connectivity index (χ4v) is 3.14. The van der Waals surface area contributed by atoms with Gasteiger partial charge in [0.05, 0.1) is 5.52 Å². The van der Waals surface area contributed by atoms with E-state index in [1.165, 1.54) is 19.3 Å². The average Bonchev–Trinajstić information content (AvgIpc) is 2.53. The molecule has 1 aromatic carbocycles. The number of benzene rings is 1. The standard InChI is InChI=1S/C15H21N5/c1-20(14-9-5-2-6-11(14)10-16)15-17-12-7-3-4-8-13(12)18-19-15/h3-4,7-8,11,14H,2,5-6,9-10,16H2,1H3. The van der Waals surface area contributed by atoms with Crippen LogP contribution in [0.5, 0.6) is 0 Å². The molecule has 1 saturated carbocycles. The Balaban J connectivity index is 1.89. The summed E-state index contributed by atoms with van der Waals surface area (Å²) < 4.78 is 0. The number of rotatable bonds is 3. The van der Waals surface area contributed by atoms with Crippen LogP contribution in [0.15, 0.2) is 24.3 Å². The van der Waals surface area contributed by atoms with Crippen molar-refractivity contribution in [3.05, 3.63) is 24.3 Å². The lowest BCUT2D eigenvalue weighted by Gasteiger charge is -2.37. The summed E-state index contributed by atoms with van der Waals surface area (Å²) in [7, 11) is 2.06. The van der Waals surface area contributed by atoms with E-state index in [0.717, 1.165) is 24.0 Å². The summed E-state index contributed by atoms with van der Waals surface area (Å²) in [6.45, 7) is 0.732. The number of hydrogen-bond acceptors (Lipinski definition) is 5. The third-order valence-electron chi connectivity index (χ3n) is 4.33. The molecular formula is C15H21N5. The van der Waals surface area contributed by atoms with Crippen LogP contribution >= 0.6 is 0 Å². The minimum atomic E-state index is 0.428. The summed E-state index contributed by atoms with van der Waals surface area (Å²) in [6.07, 6.45) is 4.90. The summed E-state index contributed by atoms with van der Waals surface area (Å²) in [5, 5.41) is 8.54. The van der Waals surface area contributed by atoms with Gasteiger partial charge in [-0.3, -0.25) is 0 Å². The van der Waals surface area contributed by atoms with Gasteiger partial charge in [-0.15, -0.1) is 10.2 Å². The first-order valence-corrected chi connectivity index (χ1v) is 7.32. The molecule has 1 aromatic heterocycles. The summed E-state index contributed by atoms with van der Waals surface area (Å²) in [5.74, 6) is 1.23. The Kier molecular flexibility index (Phi) is 3.78. The Morgan fingerprint density at radius 2 is 1.90 bits per heavy atom. The van der Waals surface area contributed by atoms with Gasteiger partial charge in [0.15, 0.2) is 0 Å². The maximum Gasteiger partial charge on any atom is 0.245 e. The molecule has 2 atom stereocenters. The van der Waals surface area contributed by atoms with Gasteiger partial charge in [0, 0.05) is 13.1 Å². The molecule has 5 nitrogen and oxygen atoms in total. The zero-order chi connectivity index (χ0) is 13.9. The third kappa shape index (κ3) is 2.45. The highest BCUT2D eigenvalue weighted by Crippen LogP contribution is 2.29. The summed E-state index contributed by atoms with van der Waals surface area (Å²) in [6, 6.07) is 8.26. The molecule has 0 amide bonds. The number of anilines is 1. The lowest BCUT2D eigenvalue weighted by molar-refractivity contribution is 0.304. The van der Waals surface area contributed by atoms with Crippen LogP contribution in [-0.4, -0.2) is 34.8 Å². The van der Waals surface area contributed by atoms with Crippen LogP contribution in [0.4, 0.5) is 5.95 Å². The molecule has 20 heavy (non-hydrogen) atoms. The van der Waals surface area contributed by atoms with Crippen molar-refractivity contribution in [3.8, 4) is 0 Å². The van der Waals surface area contributed by atoms with Crippen LogP contribution in [0.25, 0.3) is 11.0 Å². The molecule has 5 heteroatoms. The Bertz CT molecular complexity index is 585. The molecule has 1 aliphatic rings. The van der Waals surface area contributed by atoms with Gasteiger partial charge in [-0.05, 0) is 37.4 Å². The molecule has 0 bridgehead atoms. The average molecular weight is 271 g/mol. The first-order valence-electron chi connectivity index (χ1n) is 7.32. The van der Waals surface area contributed by atoms with Crippen LogP contribution in [0.2, 0.25) is 0 Å². The van der Waals surface area contributed by atoms with E-state index < -0.39 is 0 Å². The number of nitrogens with two attached hydrogens (primary N) is 1. The largest absolute Gasteiger partial charge is 0.339 e. The Morgan fingerprint density at radius 3 is 2.70 bits per heavy atom. The SMILES string of the molecule is CN(c1nnc2ccccc2n1)C1CCCCC1CN. The minimum absolute atomic E-state index is 0.428. The molecule has 3 rings (SSSR count). The smallest absolute Gasteiger partial charge is 0.245 e. The zero-order valence-electron chi connectivity index (χ0n) is 11.9. The van der Waals surface area contributed by atoms with E-state index in [0.29, 0.717) is 17.9 Å². The maximum absolute atomic E-state index is 5.92. The zero-order valence-corrected chi connectivity index (χ0v) is 11.9. The van der Waals surface area contributed by atoms with Gasteiger partial charge in [-0.25, -0.2) is 4.98 Å². The number of fused-ring (bicyclic) bond motifs is 1. The van der Waals surface area contributed by atoms with Crippen molar-refractivity contribution < 1.29 is 0 Å². The molecule has 0 saturated heterocycles. The highest BCUT2D eigenvalue weighted by atomic mass is 15.3. The summed E-state index contributed by atoms with van der Waals surface area (Å²) in [4.78, 5) is 6.79. The number of aromatic nitrogens is 3. The molecule has 2 unspecified atom stereocenters. The van der Waals surface area contributed by atoms with Gasteiger partial charge < -0.3 is 10.6 Å². The quantitative estimate of drug-likeness (QED) is 0.924. The van der Waals surface area contributed by atoms with Crippen molar-refractivity contribution in [2.24, 2.45) is 11.7 Å². The van der Waals surface area contributed by atoms with Gasteiger partial charge in [-0.1, -0.05) is 25.0 Å². The lowest BCUT2D eigenvalue weighted by Crippen LogP contribution is -2.44. The number of hydrogen-bond donors (Lipinski definition) is 1. The molecular weight excluding hydrogens is 250 g/mol. The van der Waals surface area contributed by atoms with Crippen molar-refractivity contribution in [1.82, 2.24) is 15.2 Å². The van der Waals surface area contributed by atoms with E-state index >= 15 is 0 Å². The van der Waals surface area contributed by atoms with E-state index in [9.17, 15) is 0 Å². The van der Waals surface area contributed by atoms with E-state index in [-0.39, 0.29) is 0 Å². The fourth-order valence-electron chi connectivity index (χ4n) is 3.14. The Labute approximate surface area is 119 Å². The summed E-state index contributed by atoms with van der Waals surface area (Å²) >= 11 is 0. The third-order valence-corrected chi connectivity index (χ3v) is 4.33. The molecule has 0 aliphatic heterocycles. The molecule has 1 aliphatic carbocycles. The van der Waals surface area contributed by atoms with E-state index in [1.54, 1.807) is 0 Å². The van der Waals surface area contributed by atoms with E-state index in [2.05, 4.69) is 27.1 Å². The second-order valence-corrected chi connectivity index (χ2v) is 5.56. The lowest BCUT2D eigenvalue weighted by atomic mass is 9.84. The Hall–Kier alpha value is -1.75. The second-order valence-electron chi connectivity index (χ2n) is 5.56. The van der Waals surface area contributed by atoms with Crippen LogP contribution in [0, 0.1) is 5.92 Å². The van der Waals surface area contributed by atoms with Crippen LogP contribution in [-0.2, 0) is 0 Å².